The van der Waals surface area contributed by atoms with Gasteiger partial charge in [-0.05, 0) is 36.6 Å². The van der Waals surface area contributed by atoms with E-state index in [0.717, 1.165) is 25.7 Å². The first-order chi connectivity index (χ1) is 13.4. The normalized spacial score (nSPS) is 16.2. The average Bonchev–Trinajstić information content (AvgIpc) is 2.95. The smallest absolute Gasteiger partial charge is 0.256 e. The molecule has 5 nitrogen and oxygen atoms in total. The second-order valence-corrected chi connectivity index (χ2v) is 8.14. The number of nitrogens with one attached hydrogen (secondary N) is 1. The minimum absolute atomic E-state index is 0.116. The van der Waals surface area contributed by atoms with Gasteiger partial charge in [0.2, 0.25) is 5.88 Å². The maximum Gasteiger partial charge on any atom is 0.256 e. The molecular weight excluding hydrogens is 397 g/mol. The lowest BCUT2D eigenvalue weighted by atomic mass is 9.74. The number of ether oxygens (including phenoxy) is 1. The van der Waals surface area contributed by atoms with Crippen molar-refractivity contribution >= 4 is 34.9 Å². The molecule has 1 fully saturated rings. The molecule has 1 aromatic heterocycles. The van der Waals surface area contributed by atoms with Crippen LogP contribution in [-0.2, 0) is 5.41 Å². The van der Waals surface area contributed by atoms with Crippen molar-refractivity contribution in [1.29, 1.82) is 0 Å². The molecule has 0 aliphatic heterocycles. The third-order valence-corrected chi connectivity index (χ3v) is 6.07. The Hall–Kier alpha value is -1.98. The van der Waals surface area contributed by atoms with E-state index < -0.39 is 0 Å². The number of anilines is 1. The number of carbonyl (C=O) groups excluding carboxylic acids is 1. The molecule has 3 rings (SSSR count). The van der Waals surface area contributed by atoms with E-state index in [1.807, 2.05) is 12.1 Å². The van der Waals surface area contributed by atoms with Gasteiger partial charge in [0.1, 0.15) is 11.4 Å². The third kappa shape index (κ3) is 4.53. The van der Waals surface area contributed by atoms with Gasteiger partial charge in [0.25, 0.3) is 5.91 Å². The molecule has 0 unspecified atom stereocenters. The fourth-order valence-corrected chi connectivity index (χ4v) is 4.20. The van der Waals surface area contributed by atoms with E-state index in [0.29, 0.717) is 11.6 Å². The largest absolute Gasteiger partial charge is 0.480 e. The molecule has 1 heterocycles. The number of carbonyl (C=O) groups is 1. The minimum Gasteiger partial charge on any atom is -0.480 e. The van der Waals surface area contributed by atoms with Gasteiger partial charge in [-0.1, -0.05) is 61.0 Å². The van der Waals surface area contributed by atoms with Crippen LogP contribution in [0.1, 0.15) is 54.4 Å². The zero-order valence-electron chi connectivity index (χ0n) is 15.9. The number of aromatic nitrogens is 1. The SMILES string of the molecule is COc1nc(N)c(Cl)cc1C(=O)NCC1(c2ccc(Cl)cc2)CCCCCC1. The van der Waals surface area contributed by atoms with Crippen LogP contribution in [-0.4, -0.2) is 24.5 Å². The van der Waals surface area contributed by atoms with Crippen LogP contribution in [0.3, 0.4) is 0 Å². The summed E-state index contributed by atoms with van der Waals surface area (Å²) in [5.41, 5.74) is 7.09. The molecule has 7 heteroatoms. The zero-order chi connectivity index (χ0) is 20.1. The Balaban J connectivity index is 1.85. The first-order valence-corrected chi connectivity index (χ1v) is 10.2. The van der Waals surface area contributed by atoms with Crippen LogP contribution in [0.25, 0.3) is 0 Å². The molecule has 0 radical (unpaired) electrons. The van der Waals surface area contributed by atoms with Crippen molar-refractivity contribution in [2.75, 3.05) is 19.4 Å². The Morgan fingerprint density at radius 3 is 2.43 bits per heavy atom. The van der Waals surface area contributed by atoms with Gasteiger partial charge < -0.3 is 15.8 Å². The van der Waals surface area contributed by atoms with Crippen LogP contribution in [0.5, 0.6) is 5.88 Å². The molecule has 1 amide bonds. The summed E-state index contributed by atoms with van der Waals surface area (Å²) in [6.07, 6.45) is 6.75. The summed E-state index contributed by atoms with van der Waals surface area (Å²) in [6, 6.07) is 9.47. The second kappa shape index (κ2) is 9.01. The summed E-state index contributed by atoms with van der Waals surface area (Å²) in [4.78, 5) is 16.9. The number of hydrogen-bond donors (Lipinski definition) is 2. The maximum atomic E-state index is 12.9. The highest BCUT2D eigenvalue weighted by atomic mass is 35.5. The third-order valence-electron chi connectivity index (χ3n) is 5.51. The quantitative estimate of drug-likeness (QED) is 0.665. The fraction of sp³-hybridized carbons (Fsp3) is 0.429. The first-order valence-electron chi connectivity index (χ1n) is 9.49. The van der Waals surface area contributed by atoms with Crippen LogP contribution in [0.15, 0.2) is 30.3 Å². The second-order valence-electron chi connectivity index (χ2n) is 7.30. The molecule has 0 bridgehead atoms. The molecule has 1 aliphatic carbocycles. The molecule has 1 saturated carbocycles. The van der Waals surface area contributed by atoms with E-state index in [-0.39, 0.29) is 33.6 Å². The van der Waals surface area contributed by atoms with E-state index in [2.05, 4.69) is 22.4 Å². The number of hydrogen-bond acceptors (Lipinski definition) is 4. The number of halogens is 2. The number of amides is 1. The van der Waals surface area contributed by atoms with Crippen LogP contribution in [0.4, 0.5) is 5.82 Å². The molecular formula is C21H25Cl2N3O2. The predicted octanol–water partition coefficient (Wildman–Crippen LogP) is 5.00. The number of pyridine rings is 1. The number of methoxy groups -OCH3 is 1. The summed E-state index contributed by atoms with van der Waals surface area (Å²) in [5, 5.41) is 4.02. The van der Waals surface area contributed by atoms with Crippen molar-refractivity contribution < 1.29 is 9.53 Å². The van der Waals surface area contributed by atoms with E-state index >= 15 is 0 Å². The molecule has 28 heavy (non-hydrogen) atoms. The summed E-state index contributed by atoms with van der Waals surface area (Å²) in [6.45, 7) is 0.526. The van der Waals surface area contributed by atoms with E-state index in [1.165, 1.54) is 31.6 Å². The van der Waals surface area contributed by atoms with Crippen molar-refractivity contribution in [3.05, 3.63) is 51.5 Å². The predicted molar refractivity (Wildman–Crippen MR) is 113 cm³/mol. The zero-order valence-corrected chi connectivity index (χ0v) is 17.4. The van der Waals surface area contributed by atoms with Gasteiger partial charge in [-0.25, -0.2) is 0 Å². The molecule has 1 aromatic carbocycles. The van der Waals surface area contributed by atoms with E-state index in [9.17, 15) is 4.79 Å². The highest BCUT2D eigenvalue weighted by Gasteiger charge is 2.33. The highest BCUT2D eigenvalue weighted by Crippen LogP contribution is 2.38. The standard InChI is InChI=1S/C21H25Cl2N3O2/c1-28-20-16(12-17(23)18(24)26-20)19(27)25-13-21(10-4-2-3-5-11-21)14-6-8-15(22)9-7-14/h6-9,12H,2-5,10-11,13H2,1H3,(H2,24,26)(H,25,27). The Morgan fingerprint density at radius 2 is 1.82 bits per heavy atom. The highest BCUT2D eigenvalue weighted by molar-refractivity contribution is 6.33. The molecule has 0 spiro atoms. The Bertz CT molecular complexity index is 832. The summed E-state index contributed by atoms with van der Waals surface area (Å²) >= 11 is 12.1. The molecule has 150 valence electrons. The summed E-state index contributed by atoms with van der Waals surface area (Å²) < 4.78 is 5.21. The van der Waals surface area contributed by atoms with E-state index in [4.69, 9.17) is 33.7 Å². The van der Waals surface area contributed by atoms with Crippen molar-refractivity contribution in [2.45, 2.75) is 43.9 Å². The van der Waals surface area contributed by atoms with Crippen LogP contribution >= 0.6 is 23.2 Å². The van der Waals surface area contributed by atoms with Gasteiger partial charge in [0.15, 0.2) is 0 Å². The Morgan fingerprint density at radius 1 is 1.18 bits per heavy atom. The molecule has 0 atom stereocenters. The average molecular weight is 422 g/mol. The molecule has 3 N–H and O–H groups in total. The van der Waals surface area contributed by atoms with Crippen molar-refractivity contribution in [2.24, 2.45) is 0 Å². The Labute approximate surface area is 175 Å². The number of nitrogen functional groups attached to an aromatic ring is 1. The maximum absolute atomic E-state index is 12.9. The lowest BCUT2D eigenvalue weighted by Gasteiger charge is -2.34. The van der Waals surface area contributed by atoms with Crippen molar-refractivity contribution in [1.82, 2.24) is 10.3 Å². The van der Waals surface area contributed by atoms with Gasteiger partial charge >= 0.3 is 0 Å². The topological polar surface area (TPSA) is 77.2 Å². The fourth-order valence-electron chi connectivity index (χ4n) is 3.92. The van der Waals surface area contributed by atoms with Crippen molar-refractivity contribution in [3.63, 3.8) is 0 Å². The van der Waals surface area contributed by atoms with Gasteiger partial charge in [-0.15, -0.1) is 0 Å². The van der Waals surface area contributed by atoms with Crippen molar-refractivity contribution in [3.8, 4) is 5.88 Å². The number of nitrogens with two attached hydrogens (primary N) is 1. The number of nitrogens with zero attached hydrogens (tertiary/aromatic N) is 1. The van der Waals surface area contributed by atoms with Gasteiger partial charge in [-0.3, -0.25) is 4.79 Å². The van der Waals surface area contributed by atoms with Crippen LogP contribution in [0.2, 0.25) is 10.0 Å². The molecule has 2 aromatic rings. The number of rotatable bonds is 5. The van der Waals surface area contributed by atoms with Gasteiger partial charge in [0, 0.05) is 17.0 Å². The Kier molecular flexibility index (Phi) is 6.68. The van der Waals surface area contributed by atoms with E-state index in [1.54, 1.807) is 0 Å². The summed E-state index contributed by atoms with van der Waals surface area (Å²) in [5.74, 6) is 0.0288. The van der Waals surface area contributed by atoms with Gasteiger partial charge in [-0.2, -0.15) is 4.98 Å². The first kappa shape index (κ1) is 20.7. The van der Waals surface area contributed by atoms with Crippen LogP contribution in [0, 0.1) is 0 Å². The number of benzene rings is 1. The summed E-state index contributed by atoms with van der Waals surface area (Å²) in [7, 11) is 1.45. The van der Waals surface area contributed by atoms with Gasteiger partial charge in [0.05, 0.1) is 12.1 Å². The monoisotopic (exact) mass is 421 g/mol. The minimum atomic E-state index is -0.274. The lowest BCUT2D eigenvalue weighted by molar-refractivity contribution is 0.0936. The lowest BCUT2D eigenvalue weighted by Crippen LogP contribution is -2.40. The molecule has 1 aliphatic rings. The molecule has 0 saturated heterocycles. The van der Waals surface area contributed by atoms with Crippen LogP contribution < -0.4 is 15.8 Å².